The van der Waals surface area contributed by atoms with E-state index in [4.69, 9.17) is 0 Å². The van der Waals surface area contributed by atoms with E-state index in [1.807, 2.05) is 30.3 Å². The fraction of sp³-hybridized carbons (Fsp3) is 0.409. The van der Waals surface area contributed by atoms with E-state index in [2.05, 4.69) is 14.9 Å². The highest BCUT2D eigenvalue weighted by Crippen LogP contribution is 2.23. The van der Waals surface area contributed by atoms with Crippen LogP contribution in [0, 0.1) is 0 Å². The summed E-state index contributed by atoms with van der Waals surface area (Å²) in [5.41, 5.74) is 2.24. The minimum Gasteiger partial charge on any atom is -0.392 e. The number of sulfonamides is 1. The summed E-state index contributed by atoms with van der Waals surface area (Å²) in [6.07, 6.45) is 1.55. The van der Waals surface area contributed by atoms with Crippen molar-refractivity contribution in [3.05, 3.63) is 60.2 Å². The Morgan fingerprint density at radius 3 is 2.39 bits per heavy atom. The van der Waals surface area contributed by atoms with E-state index in [-0.39, 0.29) is 24.6 Å². The Bertz CT molecular complexity index is 967. The van der Waals surface area contributed by atoms with Gasteiger partial charge in [-0.1, -0.05) is 30.3 Å². The molecule has 1 aliphatic rings. The van der Waals surface area contributed by atoms with Crippen molar-refractivity contribution >= 4 is 27.3 Å². The standard InChI is InChI=1S/C22H30N4O4S/c1-25(21(17-6-4-3-5-7-17)16-26-13-12-20(27)15-26)22(28)14-23-18-8-10-19(11-9-18)24-31(2,29)30/h3-11,20-21,23-24,27H,12-16H2,1-2H3/t20-,21+/m0/s1. The number of carbonyl (C=O) groups is 1. The summed E-state index contributed by atoms with van der Waals surface area (Å²) >= 11 is 0. The van der Waals surface area contributed by atoms with E-state index in [1.165, 1.54) is 0 Å². The molecule has 1 aliphatic heterocycles. The molecule has 0 aliphatic carbocycles. The van der Waals surface area contributed by atoms with Gasteiger partial charge in [0.05, 0.1) is 24.9 Å². The zero-order valence-corrected chi connectivity index (χ0v) is 18.7. The van der Waals surface area contributed by atoms with Gasteiger partial charge in [0.1, 0.15) is 0 Å². The van der Waals surface area contributed by atoms with Crippen LogP contribution in [0.3, 0.4) is 0 Å². The highest BCUT2D eigenvalue weighted by molar-refractivity contribution is 7.92. The molecule has 31 heavy (non-hydrogen) atoms. The van der Waals surface area contributed by atoms with Crippen LogP contribution in [0.25, 0.3) is 0 Å². The lowest BCUT2D eigenvalue weighted by atomic mass is 10.0. The summed E-state index contributed by atoms with van der Waals surface area (Å²) in [4.78, 5) is 16.9. The first-order valence-electron chi connectivity index (χ1n) is 10.2. The lowest BCUT2D eigenvalue weighted by molar-refractivity contribution is -0.130. The number of hydrogen-bond donors (Lipinski definition) is 3. The molecule has 9 heteroatoms. The molecule has 1 saturated heterocycles. The van der Waals surface area contributed by atoms with Crippen molar-refractivity contribution in [2.75, 3.05) is 49.5 Å². The van der Waals surface area contributed by atoms with Gasteiger partial charge in [-0.15, -0.1) is 0 Å². The fourth-order valence-electron chi connectivity index (χ4n) is 3.70. The normalized spacial score (nSPS) is 17.8. The minimum absolute atomic E-state index is 0.0630. The molecular formula is C22H30N4O4S. The Balaban J connectivity index is 1.62. The first kappa shape index (κ1) is 23.1. The van der Waals surface area contributed by atoms with Crippen LogP contribution in [0.5, 0.6) is 0 Å². The number of β-amino-alcohol motifs (C(OH)–C–C–N with tert-alkyl or cyclic N) is 1. The second kappa shape index (κ2) is 10.1. The molecule has 2 aromatic carbocycles. The van der Waals surface area contributed by atoms with Crippen molar-refractivity contribution in [1.29, 1.82) is 0 Å². The maximum atomic E-state index is 12.9. The van der Waals surface area contributed by atoms with Crippen molar-refractivity contribution in [2.45, 2.75) is 18.6 Å². The third kappa shape index (κ3) is 6.95. The van der Waals surface area contributed by atoms with Gasteiger partial charge in [-0.25, -0.2) is 8.42 Å². The minimum atomic E-state index is -3.33. The van der Waals surface area contributed by atoms with Crippen molar-refractivity contribution in [2.24, 2.45) is 0 Å². The predicted molar refractivity (Wildman–Crippen MR) is 122 cm³/mol. The number of hydrogen-bond acceptors (Lipinski definition) is 6. The molecule has 2 aromatic rings. The van der Waals surface area contributed by atoms with E-state index < -0.39 is 10.0 Å². The molecule has 3 N–H and O–H groups in total. The Kier molecular flexibility index (Phi) is 7.53. The molecule has 1 amide bonds. The zero-order chi connectivity index (χ0) is 22.4. The number of nitrogens with one attached hydrogen (secondary N) is 2. The van der Waals surface area contributed by atoms with Crippen LogP contribution in [-0.2, 0) is 14.8 Å². The second-order valence-electron chi connectivity index (χ2n) is 7.94. The van der Waals surface area contributed by atoms with E-state index in [0.29, 0.717) is 18.8 Å². The number of aliphatic hydroxyl groups is 1. The second-order valence-corrected chi connectivity index (χ2v) is 9.69. The lowest BCUT2D eigenvalue weighted by Crippen LogP contribution is -2.41. The van der Waals surface area contributed by atoms with Crippen LogP contribution in [0.4, 0.5) is 11.4 Å². The van der Waals surface area contributed by atoms with Gasteiger partial charge in [0.15, 0.2) is 0 Å². The lowest BCUT2D eigenvalue weighted by Gasteiger charge is -2.32. The van der Waals surface area contributed by atoms with Gasteiger partial charge in [0.2, 0.25) is 15.9 Å². The van der Waals surface area contributed by atoms with Crippen LogP contribution in [0.2, 0.25) is 0 Å². The molecule has 0 radical (unpaired) electrons. The van der Waals surface area contributed by atoms with Crippen molar-refractivity contribution in [3.8, 4) is 0 Å². The molecule has 0 unspecified atom stereocenters. The molecular weight excluding hydrogens is 416 g/mol. The molecule has 0 saturated carbocycles. The van der Waals surface area contributed by atoms with Crippen LogP contribution in [-0.4, -0.2) is 74.8 Å². The summed E-state index contributed by atoms with van der Waals surface area (Å²) in [7, 11) is -1.53. The van der Waals surface area contributed by atoms with Crippen LogP contribution in [0.15, 0.2) is 54.6 Å². The number of rotatable bonds is 9. The van der Waals surface area contributed by atoms with E-state index in [9.17, 15) is 18.3 Å². The Hall–Kier alpha value is -2.62. The van der Waals surface area contributed by atoms with E-state index >= 15 is 0 Å². The number of carbonyl (C=O) groups excluding carboxylic acids is 1. The van der Waals surface area contributed by atoms with Gasteiger partial charge in [0, 0.05) is 38.1 Å². The van der Waals surface area contributed by atoms with Gasteiger partial charge in [-0.3, -0.25) is 14.4 Å². The SMILES string of the molecule is CN(C(=O)CNc1ccc(NS(C)(=O)=O)cc1)[C@H](CN1CC[C@H](O)C1)c1ccccc1. The number of likely N-dealkylation sites (tertiary alicyclic amines) is 1. The van der Waals surface area contributed by atoms with Crippen LogP contribution in [0.1, 0.15) is 18.0 Å². The van der Waals surface area contributed by atoms with Gasteiger partial charge < -0.3 is 15.3 Å². The van der Waals surface area contributed by atoms with Gasteiger partial charge in [-0.2, -0.15) is 0 Å². The molecule has 0 bridgehead atoms. The number of aliphatic hydroxyl groups excluding tert-OH is 1. The quantitative estimate of drug-likeness (QED) is 0.542. The highest BCUT2D eigenvalue weighted by atomic mass is 32.2. The highest BCUT2D eigenvalue weighted by Gasteiger charge is 2.27. The molecule has 3 rings (SSSR count). The van der Waals surface area contributed by atoms with Crippen molar-refractivity contribution in [1.82, 2.24) is 9.80 Å². The van der Waals surface area contributed by atoms with E-state index in [0.717, 1.165) is 30.5 Å². The maximum absolute atomic E-state index is 12.9. The third-order valence-corrected chi connectivity index (χ3v) is 5.96. The zero-order valence-electron chi connectivity index (χ0n) is 17.9. The summed E-state index contributed by atoms with van der Waals surface area (Å²) in [5, 5.41) is 13.0. The number of amides is 1. The largest absolute Gasteiger partial charge is 0.392 e. The number of anilines is 2. The van der Waals surface area contributed by atoms with Crippen LogP contribution < -0.4 is 10.0 Å². The average molecular weight is 447 g/mol. The van der Waals surface area contributed by atoms with Crippen molar-refractivity contribution in [3.63, 3.8) is 0 Å². The fourth-order valence-corrected chi connectivity index (χ4v) is 4.26. The predicted octanol–water partition coefficient (Wildman–Crippen LogP) is 1.74. The first-order valence-corrected chi connectivity index (χ1v) is 12.1. The molecule has 1 heterocycles. The molecule has 168 valence electrons. The molecule has 2 atom stereocenters. The number of nitrogens with zero attached hydrogens (tertiary/aromatic N) is 2. The molecule has 8 nitrogen and oxygen atoms in total. The first-order chi connectivity index (χ1) is 14.7. The summed E-state index contributed by atoms with van der Waals surface area (Å²) in [6, 6.07) is 16.5. The smallest absolute Gasteiger partial charge is 0.242 e. The summed E-state index contributed by atoms with van der Waals surface area (Å²) in [6.45, 7) is 2.21. The van der Waals surface area contributed by atoms with Gasteiger partial charge in [0.25, 0.3) is 0 Å². The Morgan fingerprint density at radius 2 is 1.81 bits per heavy atom. The Morgan fingerprint density at radius 1 is 1.16 bits per heavy atom. The third-order valence-electron chi connectivity index (χ3n) is 5.36. The molecule has 1 fully saturated rings. The Labute approximate surface area is 183 Å². The van der Waals surface area contributed by atoms with Gasteiger partial charge >= 0.3 is 0 Å². The molecule has 0 spiro atoms. The monoisotopic (exact) mass is 446 g/mol. The van der Waals surface area contributed by atoms with Crippen LogP contribution >= 0.6 is 0 Å². The average Bonchev–Trinajstić information content (AvgIpc) is 3.15. The topological polar surface area (TPSA) is 102 Å². The maximum Gasteiger partial charge on any atom is 0.242 e. The summed E-state index contributed by atoms with van der Waals surface area (Å²) < 4.78 is 25.0. The number of likely N-dealkylation sites (N-methyl/N-ethyl adjacent to an activating group) is 1. The van der Waals surface area contributed by atoms with E-state index in [1.54, 1.807) is 36.2 Å². The summed E-state index contributed by atoms with van der Waals surface area (Å²) in [5.74, 6) is -0.0630. The number of benzene rings is 2. The van der Waals surface area contributed by atoms with Crippen molar-refractivity contribution < 1.29 is 18.3 Å². The van der Waals surface area contributed by atoms with Gasteiger partial charge in [-0.05, 0) is 36.2 Å². The molecule has 0 aromatic heterocycles.